The van der Waals surface area contributed by atoms with E-state index in [1.54, 1.807) is 0 Å². The minimum Gasteiger partial charge on any atom is -0.380 e. The summed E-state index contributed by atoms with van der Waals surface area (Å²) in [6.07, 6.45) is 2.72. The van der Waals surface area contributed by atoms with E-state index in [0.29, 0.717) is 5.92 Å². The van der Waals surface area contributed by atoms with Crippen LogP contribution in [0.1, 0.15) is 31.4 Å². The third-order valence-electron chi connectivity index (χ3n) is 4.07. The van der Waals surface area contributed by atoms with Gasteiger partial charge in [0.15, 0.2) is 0 Å². The van der Waals surface area contributed by atoms with Gasteiger partial charge in [-0.1, -0.05) is 37.3 Å². The Hall–Kier alpha value is -0.900. The van der Waals surface area contributed by atoms with E-state index >= 15 is 0 Å². The van der Waals surface area contributed by atoms with Crippen LogP contribution in [0.4, 0.5) is 0 Å². The molecule has 0 aromatic heterocycles. The summed E-state index contributed by atoms with van der Waals surface area (Å²) < 4.78 is 5.68. The second-order valence-corrected chi connectivity index (χ2v) is 6.19. The van der Waals surface area contributed by atoms with Crippen molar-refractivity contribution in [1.29, 1.82) is 0 Å². The molecule has 112 valence electrons. The molecule has 0 amide bonds. The number of rotatable bonds is 9. The Kier molecular flexibility index (Phi) is 6.02. The first-order valence-electron chi connectivity index (χ1n) is 7.73. The normalized spacial score (nSPS) is 18.2. The Morgan fingerprint density at radius 2 is 2.00 bits per heavy atom. The highest BCUT2D eigenvalue weighted by Gasteiger charge is 2.21. The Morgan fingerprint density at radius 3 is 2.65 bits per heavy atom. The molecule has 0 heterocycles. The van der Waals surface area contributed by atoms with Gasteiger partial charge in [-0.25, -0.2) is 0 Å². The monoisotopic (exact) mass is 276 g/mol. The third-order valence-corrected chi connectivity index (χ3v) is 4.07. The standard InChI is InChI=1S/C17H28N2O/c1-14(17(18)16-6-4-3-5-7-16)12-19(2)10-11-20-13-15-8-9-15/h3-7,14-15,17H,8-13,18H2,1-2H3. The summed E-state index contributed by atoms with van der Waals surface area (Å²) >= 11 is 0. The molecule has 0 saturated heterocycles. The lowest BCUT2D eigenvalue weighted by Gasteiger charge is -2.26. The summed E-state index contributed by atoms with van der Waals surface area (Å²) in [4.78, 5) is 2.32. The van der Waals surface area contributed by atoms with E-state index in [1.807, 2.05) is 6.07 Å². The van der Waals surface area contributed by atoms with Gasteiger partial charge in [-0.2, -0.15) is 0 Å². The lowest BCUT2D eigenvalue weighted by molar-refractivity contribution is 0.0985. The molecular weight excluding hydrogens is 248 g/mol. The zero-order chi connectivity index (χ0) is 14.4. The first-order valence-corrected chi connectivity index (χ1v) is 7.73. The zero-order valence-electron chi connectivity index (χ0n) is 12.8. The average Bonchev–Trinajstić information content (AvgIpc) is 3.28. The number of ether oxygens (including phenoxy) is 1. The van der Waals surface area contributed by atoms with Gasteiger partial charge in [-0.3, -0.25) is 0 Å². The Labute approximate surface area is 123 Å². The van der Waals surface area contributed by atoms with Crippen molar-refractivity contribution in [2.24, 2.45) is 17.6 Å². The van der Waals surface area contributed by atoms with E-state index < -0.39 is 0 Å². The largest absolute Gasteiger partial charge is 0.380 e. The molecule has 0 bridgehead atoms. The molecule has 0 aliphatic heterocycles. The molecule has 20 heavy (non-hydrogen) atoms. The third kappa shape index (κ3) is 5.23. The topological polar surface area (TPSA) is 38.5 Å². The van der Waals surface area contributed by atoms with E-state index in [1.165, 1.54) is 18.4 Å². The molecule has 2 atom stereocenters. The van der Waals surface area contributed by atoms with Crippen LogP contribution >= 0.6 is 0 Å². The number of benzene rings is 1. The van der Waals surface area contributed by atoms with Gasteiger partial charge in [0.2, 0.25) is 0 Å². The van der Waals surface area contributed by atoms with E-state index in [4.69, 9.17) is 10.5 Å². The summed E-state index contributed by atoms with van der Waals surface area (Å²) in [7, 11) is 2.15. The van der Waals surface area contributed by atoms with Gasteiger partial charge in [0.25, 0.3) is 0 Å². The van der Waals surface area contributed by atoms with Gasteiger partial charge in [0, 0.05) is 25.7 Å². The lowest BCUT2D eigenvalue weighted by Crippen LogP contribution is -2.33. The Morgan fingerprint density at radius 1 is 1.30 bits per heavy atom. The van der Waals surface area contributed by atoms with Crippen molar-refractivity contribution in [2.75, 3.05) is 33.4 Å². The molecule has 2 unspecified atom stereocenters. The van der Waals surface area contributed by atoms with Crippen molar-refractivity contribution in [3.8, 4) is 0 Å². The number of hydrogen-bond acceptors (Lipinski definition) is 3. The van der Waals surface area contributed by atoms with Crippen LogP contribution in [0.3, 0.4) is 0 Å². The molecule has 1 saturated carbocycles. The molecule has 2 rings (SSSR count). The molecule has 3 heteroatoms. The van der Waals surface area contributed by atoms with Crippen LogP contribution in [0.25, 0.3) is 0 Å². The number of likely N-dealkylation sites (N-methyl/N-ethyl adjacent to an activating group) is 1. The number of hydrogen-bond donors (Lipinski definition) is 1. The maximum absolute atomic E-state index is 6.33. The number of nitrogens with two attached hydrogens (primary N) is 1. The van der Waals surface area contributed by atoms with Crippen LogP contribution < -0.4 is 5.73 Å². The van der Waals surface area contributed by atoms with Crippen molar-refractivity contribution in [3.63, 3.8) is 0 Å². The first kappa shape index (κ1) is 15.5. The van der Waals surface area contributed by atoms with Gasteiger partial charge in [-0.05, 0) is 37.3 Å². The molecule has 0 spiro atoms. The lowest BCUT2D eigenvalue weighted by atomic mass is 9.95. The molecule has 1 aromatic rings. The fourth-order valence-electron chi connectivity index (χ4n) is 2.46. The average molecular weight is 276 g/mol. The summed E-state index contributed by atoms with van der Waals surface area (Å²) in [5.74, 6) is 1.29. The molecule has 1 fully saturated rings. The highest BCUT2D eigenvalue weighted by Crippen LogP contribution is 2.28. The SMILES string of the molecule is CC(CN(C)CCOCC1CC1)C(N)c1ccccc1. The maximum Gasteiger partial charge on any atom is 0.0593 e. The summed E-state index contributed by atoms with van der Waals surface area (Å²) in [6, 6.07) is 10.5. The smallest absolute Gasteiger partial charge is 0.0593 e. The van der Waals surface area contributed by atoms with Crippen LogP contribution in [-0.2, 0) is 4.74 Å². The predicted octanol–water partition coefficient (Wildman–Crippen LogP) is 2.68. The number of nitrogens with zero attached hydrogens (tertiary/aromatic N) is 1. The van der Waals surface area contributed by atoms with Crippen LogP contribution in [0.2, 0.25) is 0 Å². The quantitative estimate of drug-likeness (QED) is 0.705. The van der Waals surface area contributed by atoms with Crippen molar-refractivity contribution in [3.05, 3.63) is 35.9 Å². The van der Waals surface area contributed by atoms with E-state index in [2.05, 4.69) is 43.1 Å². The minimum atomic E-state index is 0.103. The van der Waals surface area contributed by atoms with E-state index in [0.717, 1.165) is 32.2 Å². The Bertz CT molecular complexity index is 378. The van der Waals surface area contributed by atoms with Crippen LogP contribution in [0.5, 0.6) is 0 Å². The molecule has 2 N–H and O–H groups in total. The Balaban J connectivity index is 1.65. The van der Waals surface area contributed by atoms with Gasteiger partial charge >= 0.3 is 0 Å². The molecule has 1 aliphatic rings. The second kappa shape index (κ2) is 7.77. The van der Waals surface area contributed by atoms with Crippen molar-refractivity contribution >= 4 is 0 Å². The van der Waals surface area contributed by atoms with Crippen LogP contribution in [0, 0.1) is 11.8 Å². The van der Waals surface area contributed by atoms with E-state index in [-0.39, 0.29) is 6.04 Å². The van der Waals surface area contributed by atoms with Gasteiger partial charge in [0.05, 0.1) is 6.61 Å². The van der Waals surface area contributed by atoms with Crippen LogP contribution in [-0.4, -0.2) is 38.3 Å². The van der Waals surface area contributed by atoms with Crippen molar-refractivity contribution in [1.82, 2.24) is 4.90 Å². The fourth-order valence-corrected chi connectivity index (χ4v) is 2.46. The highest BCUT2D eigenvalue weighted by atomic mass is 16.5. The molecule has 1 aromatic carbocycles. The van der Waals surface area contributed by atoms with Crippen LogP contribution in [0.15, 0.2) is 30.3 Å². The molecule has 1 aliphatic carbocycles. The summed E-state index contributed by atoms with van der Waals surface area (Å²) in [6.45, 7) is 5.99. The van der Waals surface area contributed by atoms with Gasteiger partial charge in [0.1, 0.15) is 0 Å². The minimum absolute atomic E-state index is 0.103. The second-order valence-electron chi connectivity index (χ2n) is 6.19. The zero-order valence-corrected chi connectivity index (χ0v) is 12.8. The maximum atomic E-state index is 6.33. The molecule has 3 nitrogen and oxygen atoms in total. The first-order chi connectivity index (χ1) is 9.66. The van der Waals surface area contributed by atoms with Gasteiger partial charge in [-0.15, -0.1) is 0 Å². The summed E-state index contributed by atoms with van der Waals surface area (Å²) in [5.41, 5.74) is 7.55. The van der Waals surface area contributed by atoms with Crippen molar-refractivity contribution < 1.29 is 4.74 Å². The summed E-state index contributed by atoms with van der Waals surface area (Å²) in [5, 5.41) is 0. The fraction of sp³-hybridized carbons (Fsp3) is 0.647. The molecular formula is C17H28N2O. The van der Waals surface area contributed by atoms with Gasteiger partial charge < -0.3 is 15.4 Å². The molecule has 0 radical (unpaired) electrons. The van der Waals surface area contributed by atoms with E-state index in [9.17, 15) is 0 Å². The predicted molar refractivity (Wildman–Crippen MR) is 83.6 cm³/mol. The van der Waals surface area contributed by atoms with Crippen molar-refractivity contribution in [2.45, 2.75) is 25.8 Å². The highest BCUT2D eigenvalue weighted by molar-refractivity contribution is 5.19.